The van der Waals surface area contributed by atoms with Crippen LogP contribution >= 0.6 is 0 Å². The number of amides is 1. The first-order chi connectivity index (χ1) is 13.6. The number of pyridine rings is 1. The van der Waals surface area contributed by atoms with Crippen molar-refractivity contribution in [1.29, 1.82) is 0 Å². The van der Waals surface area contributed by atoms with E-state index in [0.717, 1.165) is 38.4 Å². The Bertz CT molecular complexity index is 698. The van der Waals surface area contributed by atoms with Crippen molar-refractivity contribution < 1.29 is 9.18 Å². The Morgan fingerprint density at radius 3 is 2.93 bits per heavy atom. The van der Waals surface area contributed by atoms with E-state index in [-0.39, 0.29) is 25.2 Å². The number of piperazine rings is 1. The first kappa shape index (κ1) is 19.5. The highest BCUT2D eigenvalue weighted by Gasteiger charge is 2.47. The third-order valence-electron chi connectivity index (χ3n) is 5.84. The molecule has 0 radical (unpaired) electrons. The lowest BCUT2D eigenvalue weighted by Crippen LogP contribution is -2.58. The van der Waals surface area contributed by atoms with E-state index in [1.807, 2.05) is 6.07 Å². The molecule has 4 atom stereocenters. The fourth-order valence-corrected chi connectivity index (χ4v) is 4.26. The van der Waals surface area contributed by atoms with Gasteiger partial charge in [-0.15, -0.1) is 0 Å². The summed E-state index contributed by atoms with van der Waals surface area (Å²) in [7, 11) is 0. The summed E-state index contributed by atoms with van der Waals surface area (Å²) in [5.41, 5.74) is 10.8. The van der Waals surface area contributed by atoms with E-state index in [9.17, 15) is 9.18 Å². The highest BCUT2D eigenvalue weighted by molar-refractivity contribution is 5.96. The van der Waals surface area contributed by atoms with Crippen molar-refractivity contribution in [3.8, 4) is 0 Å². The zero-order chi connectivity index (χ0) is 19.7. The van der Waals surface area contributed by atoms with Crippen molar-refractivity contribution in [3.63, 3.8) is 0 Å². The Balaban J connectivity index is 1.46. The van der Waals surface area contributed by atoms with E-state index in [0.29, 0.717) is 5.69 Å². The van der Waals surface area contributed by atoms with Gasteiger partial charge >= 0.3 is 0 Å². The van der Waals surface area contributed by atoms with Gasteiger partial charge in [-0.25, -0.2) is 14.8 Å². The molecule has 4 unspecified atom stereocenters. The Kier molecular flexibility index (Phi) is 5.74. The fourth-order valence-electron chi connectivity index (χ4n) is 4.26. The van der Waals surface area contributed by atoms with E-state index in [1.165, 1.54) is 0 Å². The van der Waals surface area contributed by atoms with Gasteiger partial charge in [-0.2, -0.15) is 0 Å². The smallest absolute Gasteiger partial charge is 0.233 e. The van der Waals surface area contributed by atoms with Crippen LogP contribution in [0.3, 0.4) is 0 Å². The van der Waals surface area contributed by atoms with Gasteiger partial charge in [0.1, 0.15) is 6.17 Å². The first-order valence-corrected chi connectivity index (χ1v) is 9.95. The molecule has 4 heterocycles. The largest absolute Gasteiger partial charge is 0.367 e. The van der Waals surface area contributed by atoms with Crippen molar-refractivity contribution >= 4 is 17.3 Å². The maximum Gasteiger partial charge on any atom is 0.233 e. The monoisotopic (exact) mass is 392 g/mol. The third-order valence-corrected chi connectivity index (χ3v) is 5.84. The number of likely N-dealkylation sites (N-methyl/N-ethyl adjacent to an activating group) is 1. The molecule has 0 aromatic carbocycles. The number of hydrogen-bond acceptors (Lipinski definition) is 8. The molecular weight excluding hydrogens is 363 g/mol. The summed E-state index contributed by atoms with van der Waals surface area (Å²) in [5, 5.41) is 7.79. The summed E-state index contributed by atoms with van der Waals surface area (Å²) >= 11 is 0. The topological polar surface area (TPSA) is 102 Å². The molecular formula is C18H29FN8O. The van der Waals surface area contributed by atoms with Crippen LogP contribution in [0.15, 0.2) is 18.5 Å². The maximum absolute atomic E-state index is 13.6. The predicted molar refractivity (Wildman–Crippen MR) is 105 cm³/mol. The standard InChI is InChI=1S/C18H29FN8O/c1-2-25-5-7-26(8-6-25)14-3-4-21-10-13(14)23-18(28)15-16(20)24-27-11-12(19)9-22-17(15)27/h3-4,10,12,15-17,22,24H,2,5-9,11,20H2,1H3,(H,23,28). The van der Waals surface area contributed by atoms with Gasteiger partial charge in [-0.1, -0.05) is 6.92 Å². The van der Waals surface area contributed by atoms with Gasteiger partial charge < -0.3 is 20.9 Å². The van der Waals surface area contributed by atoms with E-state index < -0.39 is 18.3 Å². The number of hydrazine groups is 1. The van der Waals surface area contributed by atoms with Gasteiger partial charge in [0.2, 0.25) is 5.91 Å². The number of anilines is 2. The second-order valence-electron chi connectivity index (χ2n) is 7.59. The quantitative estimate of drug-likeness (QED) is 0.526. The molecule has 3 aliphatic heterocycles. The van der Waals surface area contributed by atoms with Gasteiger partial charge in [0.05, 0.1) is 35.8 Å². The van der Waals surface area contributed by atoms with Crippen LogP contribution in [-0.4, -0.2) is 85.1 Å². The minimum Gasteiger partial charge on any atom is -0.367 e. The Morgan fingerprint density at radius 1 is 1.39 bits per heavy atom. The normalized spacial score (nSPS) is 31.6. The van der Waals surface area contributed by atoms with Crippen LogP contribution in [-0.2, 0) is 4.79 Å². The van der Waals surface area contributed by atoms with E-state index in [2.05, 4.69) is 37.8 Å². The van der Waals surface area contributed by atoms with Gasteiger partial charge in [0.15, 0.2) is 0 Å². The van der Waals surface area contributed by atoms with E-state index in [1.54, 1.807) is 17.4 Å². The van der Waals surface area contributed by atoms with Crippen LogP contribution in [0.25, 0.3) is 0 Å². The van der Waals surface area contributed by atoms with Crippen molar-refractivity contribution in [2.24, 2.45) is 11.7 Å². The fraction of sp³-hybridized carbons (Fsp3) is 0.667. The SMILES string of the molecule is CCN1CCN(c2ccncc2NC(=O)C2C(N)NN3CC(F)CNC23)CC1. The van der Waals surface area contributed by atoms with Crippen molar-refractivity contribution in [3.05, 3.63) is 18.5 Å². The molecule has 0 saturated carbocycles. The van der Waals surface area contributed by atoms with Crippen LogP contribution in [0, 0.1) is 5.92 Å². The van der Waals surface area contributed by atoms with Crippen LogP contribution in [0.5, 0.6) is 0 Å². The molecule has 3 fully saturated rings. The lowest BCUT2D eigenvalue weighted by atomic mass is 10.0. The van der Waals surface area contributed by atoms with Crippen LogP contribution in [0.1, 0.15) is 6.92 Å². The molecule has 0 spiro atoms. The van der Waals surface area contributed by atoms with Crippen molar-refractivity contribution in [2.75, 3.05) is 56.0 Å². The molecule has 1 aromatic heterocycles. The number of nitrogens with one attached hydrogen (secondary N) is 3. The molecule has 0 bridgehead atoms. The highest BCUT2D eigenvalue weighted by Crippen LogP contribution is 2.28. The van der Waals surface area contributed by atoms with Gasteiger partial charge in [0.25, 0.3) is 0 Å². The third kappa shape index (κ3) is 3.83. The minimum absolute atomic E-state index is 0.196. The summed E-state index contributed by atoms with van der Waals surface area (Å²) in [6.07, 6.45) is 1.54. The maximum atomic E-state index is 13.6. The number of halogens is 1. The number of carbonyl (C=O) groups is 1. The molecule has 1 aromatic rings. The molecule has 3 saturated heterocycles. The zero-order valence-electron chi connectivity index (χ0n) is 16.1. The van der Waals surface area contributed by atoms with Crippen LogP contribution < -0.4 is 26.7 Å². The molecule has 5 N–H and O–H groups in total. The summed E-state index contributed by atoms with van der Waals surface area (Å²) < 4.78 is 13.6. The van der Waals surface area contributed by atoms with Crippen molar-refractivity contribution in [2.45, 2.75) is 25.4 Å². The summed E-state index contributed by atoms with van der Waals surface area (Å²) in [5.74, 6) is -0.726. The van der Waals surface area contributed by atoms with Gasteiger partial charge in [-0.3, -0.25) is 15.1 Å². The molecule has 9 nitrogen and oxygen atoms in total. The minimum atomic E-state index is -0.982. The second kappa shape index (κ2) is 8.26. The molecule has 28 heavy (non-hydrogen) atoms. The Morgan fingerprint density at radius 2 is 2.18 bits per heavy atom. The van der Waals surface area contributed by atoms with E-state index in [4.69, 9.17) is 5.73 Å². The Hall–Kier alpha value is -1.85. The van der Waals surface area contributed by atoms with Crippen LogP contribution in [0.4, 0.5) is 15.8 Å². The lowest BCUT2D eigenvalue weighted by Gasteiger charge is -2.36. The van der Waals surface area contributed by atoms with Crippen molar-refractivity contribution in [1.82, 2.24) is 25.6 Å². The molecule has 1 amide bonds. The number of aromatic nitrogens is 1. The highest BCUT2D eigenvalue weighted by atomic mass is 19.1. The van der Waals surface area contributed by atoms with Crippen LogP contribution in [0.2, 0.25) is 0 Å². The van der Waals surface area contributed by atoms with Gasteiger partial charge in [-0.05, 0) is 12.6 Å². The molecule has 0 aliphatic carbocycles. The lowest BCUT2D eigenvalue weighted by molar-refractivity contribution is -0.121. The number of carbonyl (C=O) groups excluding carboxylic acids is 1. The molecule has 3 aliphatic rings. The molecule has 10 heteroatoms. The predicted octanol–water partition coefficient (Wildman–Crippen LogP) is -0.849. The number of fused-ring (bicyclic) bond motifs is 1. The molecule has 4 rings (SSSR count). The summed E-state index contributed by atoms with van der Waals surface area (Å²) in [4.78, 5) is 21.9. The number of nitrogens with zero attached hydrogens (tertiary/aromatic N) is 4. The average molecular weight is 392 g/mol. The number of hydrogen-bond donors (Lipinski definition) is 4. The molecule has 154 valence electrons. The Labute approximate surface area is 164 Å². The second-order valence-corrected chi connectivity index (χ2v) is 7.59. The summed E-state index contributed by atoms with van der Waals surface area (Å²) in [6, 6.07) is 1.93. The number of nitrogens with two attached hydrogens (primary N) is 1. The number of alkyl halides is 1. The summed E-state index contributed by atoms with van der Waals surface area (Å²) in [6.45, 7) is 7.45. The average Bonchev–Trinajstić information content (AvgIpc) is 3.03. The first-order valence-electron chi connectivity index (χ1n) is 9.95. The zero-order valence-corrected chi connectivity index (χ0v) is 16.1. The number of rotatable bonds is 4. The van der Waals surface area contributed by atoms with Gasteiger partial charge in [0, 0.05) is 45.5 Å². The van der Waals surface area contributed by atoms with E-state index >= 15 is 0 Å².